The molecular weight excluding hydrogens is 344 g/mol. The van der Waals surface area contributed by atoms with Gasteiger partial charge in [0.25, 0.3) is 0 Å². The van der Waals surface area contributed by atoms with Gasteiger partial charge in [-0.3, -0.25) is 0 Å². The molecule has 7 heteroatoms. The van der Waals surface area contributed by atoms with E-state index in [1.54, 1.807) is 18.2 Å². The molecule has 2 N–H and O–H groups in total. The highest BCUT2D eigenvalue weighted by Gasteiger charge is 2.03. The molecule has 2 aromatic carbocycles. The van der Waals surface area contributed by atoms with Gasteiger partial charge in [0, 0.05) is 16.3 Å². The summed E-state index contributed by atoms with van der Waals surface area (Å²) < 4.78 is 5.31. The highest BCUT2D eigenvalue weighted by atomic mass is 35.5. The van der Waals surface area contributed by atoms with Crippen molar-refractivity contribution in [1.82, 2.24) is 0 Å². The predicted molar refractivity (Wildman–Crippen MR) is 99.5 cm³/mol. The van der Waals surface area contributed by atoms with Crippen LogP contribution in [0.1, 0.15) is 11.1 Å². The Morgan fingerprint density at radius 2 is 2.08 bits per heavy atom. The molecule has 0 amide bonds. The molecule has 0 aromatic heterocycles. The SMILES string of the molecule is N#CCOc1ccc(Cl)cc1C=NN=C(N)SCc1ccccc1. The van der Waals surface area contributed by atoms with Crippen LogP contribution in [0, 0.1) is 11.3 Å². The number of hydrogen-bond donors (Lipinski definition) is 1. The third kappa shape index (κ3) is 5.95. The zero-order valence-corrected chi connectivity index (χ0v) is 14.3. The van der Waals surface area contributed by atoms with Crippen LogP contribution in [-0.4, -0.2) is 18.0 Å². The fourth-order valence-corrected chi connectivity index (χ4v) is 2.56. The van der Waals surface area contributed by atoms with E-state index in [1.165, 1.54) is 18.0 Å². The Morgan fingerprint density at radius 1 is 1.29 bits per heavy atom. The Morgan fingerprint density at radius 3 is 2.83 bits per heavy atom. The van der Waals surface area contributed by atoms with Crippen molar-refractivity contribution in [3.63, 3.8) is 0 Å². The van der Waals surface area contributed by atoms with E-state index in [0.29, 0.717) is 21.5 Å². The predicted octanol–water partition coefficient (Wildman–Crippen LogP) is 3.82. The number of hydrogen-bond acceptors (Lipinski definition) is 5. The van der Waals surface area contributed by atoms with E-state index >= 15 is 0 Å². The maximum absolute atomic E-state index is 8.60. The van der Waals surface area contributed by atoms with Crippen molar-refractivity contribution in [2.24, 2.45) is 15.9 Å². The lowest BCUT2D eigenvalue weighted by Crippen LogP contribution is -2.06. The van der Waals surface area contributed by atoms with Crippen LogP contribution >= 0.6 is 23.4 Å². The zero-order chi connectivity index (χ0) is 17.2. The van der Waals surface area contributed by atoms with E-state index in [1.807, 2.05) is 36.4 Å². The first kappa shape index (κ1) is 17.9. The first-order chi connectivity index (χ1) is 11.7. The average molecular weight is 359 g/mol. The van der Waals surface area contributed by atoms with Crippen molar-refractivity contribution in [2.45, 2.75) is 5.75 Å². The molecule has 0 aliphatic carbocycles. The number of nitriles is 1. The Labute approximate surface area is 149 Å². The van der Waals surface area contributed by atoms with Gasteiger partial charge in [0.05, 0.1) is 6.21 Å². The standard InChI is InChI=1S/C17H15ClN4OS/c18-15-6-7-16(23-9-8-19)14(10-15)11-21-22-17(20)24-12-13-4-2-1-3-5-13/h1-7,10-11H,9,12H2,(H2,20,22). The molecule has 0 saturated heterocycles. The topological polar surface area (TPSA) is 83.8 Å². The normalized spacial score (nSPS) is 11.4. The summed E-state index contributed by atoms with van der Waals surface area (Å²) >= 11 is 7.36. The van der Waals surface area contributed by atoms with Crippen molar-refractivity contribution in [3.05, 3.63) is 64.7 Å². The number of nitrogens with zero attached hydrogens (tertiary/aromatic N) is 3. The van der Waals surface area contributed by atoms with Crippen molar-refractivity contribution in [3.8, 4) is 11.8 Å². The molecule has 5 nitrogen and oxygen atoms in total. The van der Waals surface area contributed by atoms with Crippen LogP contribution in [0.15, 0.2) is 58.7 Å². The van der Waals surface area contributed by atoms with Gasteiger partial charge in [-0.25, -0.2) is 0 Å². The van der Waals surface area contributed by atoms with Crippen LogP contribution in [0.25, 0.3) is 0 Å². The molecular formula is C17H15ClN4OS. The van der Waals surface area contributed by atoms with Crippen LogP contribution in [-0.2, 0) is 5.75 Å². The molecule has 0 bridgehead atoms. The Hall–Kier alpha value is -2.49. The van der Waals surface area contributed by atoms with Crippen molar-refractivity contribution < 1.29 is 4.74 Å². The second kappa shape index (κ2) is 9.60. The molecule has 0 atom stereocenters. The van der Waals surface area contributed by atoms with E-state index in [4.69, 9.17) is 27.3 Å². The summed E-state index contributed by atoms with van der Waals surface area (Å²) in [5, 5.41) is 17.4. The van der Waals surface area contributed by atoms with Gasteiger partial charge in [0.15, 0.2) is 11.8 Å². The molecule has 2 aromatic rings. The smallest absolute Gasteiger partial charge is 0.180 e. The summed E-state index contributed by atoms with van der Waals surface area (Å²) in [6.45, 7) is -0.0548. The lowest BCUT2D eigenvalue weighted by Gasteiger charge is -2.05. The minimum atomic E-state index is -0.0548. The summed E-state index contributed by atoms with van der Waals surface area (Å²) in [5.74, 6) is 1.23. The first-order valence-electron chi connectivity index (χ1n) is 7.01. The fraction of sp³-hybridized carbons (Fsp3) is 0.118. The van der Waals surface area contributed by atoms with Crippen LogP contribution in [0.5, 0.6) is 5.75 Å². The Balaban J connectivity index is 1.99. The molecule has 0 spiro atoms. The molecule has 24 heavy (non-hydrogen) atoms. The number of amidine groups is 1. The number of nitrogens with two attached hydrogens (primary N) is 1. The highest BCUT2D eigenvalue weighted by molar-refractivity contribution is 8.13. The number of thioether (sulfide) groups is 1. The monoisotopic (exact) mass is 358 g/mol. The third-order valence-electron chi connectivity index (χ3n) is 2.85. The largest absolute Gasteiger partial charge is 0.478 e. The molecule has 0 unspecified atom stereocenters. The summed E-state index contributed by atoms with van der Waals surface area (Å²) in [6.07, 6.45) is 1.49. The average Bonchev–Trinajstić information content (AvgIpc) is 2.60. The molecule has 0 aliphatic heterocycles. The van der Waals surface area contributed by atoms with Gasteiger partial charge in [-0.2, -0.15) is 10.4 Å². The molecule has 0 saturated carbocycles. The van der Waals surface area contributed by atoms with Gasteiger partial charge in [-0.1, -0.05) is 53.7 Å². The van der Waals surface area contributed by atoms with E-state index in [9.17, 15) is 0 Å². The molecule has 122 valence electrons. The van der Waals surface area contributed by atoms with Crippen LogP contribution in [0.4, 0.5) is 0 Å². The Bertz CT molecular complexity index is 772. The van der Waals surface area contributed by atoms with Gasteiger partial charge < -0.3 is 10.5 Å². The first-order valence-corrected chi connectivity index (χ1v) is 8.38. The molecule has 0 fully saturated rings. The molecule has 0 aliphatic rings. The van der Waals surface area contributed by atoms with E-state index in [2.05, 4.69) is 10.2 Å². The molecule has 0 heterocycles. The lowest BCUT2D eigenvalue weighted by atomic mass is 10.2. The van der Waals surface area contributed by atoms with Gasteiger partial charge in [0.1, 0.15) is 11.8 Å². The van der Waals surface area contributed by atoms with Gasteiger partial charge in [-0.05, 0) is 23.8 Å². The van der Waals surface area contributed by atoms with E-state index in [0.717, 1.165) is 11.3 Å². The second-order valence-corrected chi connectivity index (χ2v) is 6.02. The zero-order valence-electron chi connectivity index (χ0n) is 12.7. The minimum Gasteiger partial charge on any atom is -0.478 e. The van der Waals surface area contributed by atoms with Crippen LogP contribution < -0.4 is 10.5 Å². The lowest BCUT2D eigenvalue weighted by molar-refractivity contribution is 0.367. The number of halogens is 1. The number of ether oxygens (including phenoxy) is 1. The third-order valence-corrected chi connectivity index (χ3v) is 3.94. The van der Waals surface area contributed by atoms with Gasteiger partial charge >= 0.3 is 0 Å². The number of benzene rings is 2. The quantitative estimate of drug-likeness (QED) is 0.483. The summed E-state index contributed by atoms with van der Waals surface area (Å²) in [7, 11) is 0. The van der Waals surface area contributed by atoms with Crippen molar-refractivity contribution in [1.29, 1.82) is 5.26 Å². The summed E-state index contributed by atoms with van der Waals surface area (Å²) in [5.41, 5.74) is 7.62. The van der Waals surface area contributed by atoms with Crippen LogP contribution in [0.3, 0.4) is 0 Å². The number of rotatable bonds is 6. The Kier molecular flexibility index (Phi) is 7.15. The second-order valence-electron chi connectivity index (χ2n) is 4.59. The summed E-state index contributed by atoms with van der Waals surface area (Å²) in [6, 6.07) is 16.9. The maximum Gasteiger partial charge on any atom is 0.180 e. The fourth-order valence-electron chi connectivity index (χ4n) is 1.77. The molecule has 0 radical (unpaired) electrons. The van der Waals surface area contributed by atoms with E-state index in [-0.39, 0.29) is 6.61 Å². The molecule has 2 rings (SSSR count). The highest BCUT2D eigenvalue weighted by Crippen LogP contribution is 2.21. The summed E-state index contributed by atoms with van der Waals surface area (Å²) in [4.78, 5) is 0. The van der Waals surface area contributed by atoms with Crippen LogP contribution in [0.2, 0.25) is 5.02 Å². The van der Waals surface area contributed by atoms with E-state index < -0.39 is 0 Å². The van der Waals surface area contributed by atoms with Gasteiger partial charge in [0.2, 0.25) is 0 Å². The van der Waals surface area contributed by atoms with Gasteiger partial charge in [-0.15, -0.1) is 5.10 Å². The minimum absolute atomic E-state index is 0.0548. The van der Waals surface area contributed by atoms with Crippen molar-refractivity contribution >= 4 is 34.7 Å². The van der Waals surface area contributed by atoms with Crippen molar-refractivity contribution in [2.75, 3.05) is 6.61 Å². The maximum atomic E-state index is 8.60.